The highest BCUT2D eigenvalue weighted by molar-refractivity contribution is 6.20. The number of hydrogen-bond donors (Lipinski definition) is 0. The minimum absolute atomic E-state index is 0.479. The Morgan fingerprint density at radius 2 is 1.80 bits per heavy atom. The van der Waals surface area contributed by atoms with Gasteiger partial charge in [0.1, 0.15) is 0 Å². The molecule has 0 spiro atoms. The van der Waals surface area contributed by atoms with Crippen LogP contribution in [0.1, 0.15) is 71.6 Å². The lowest BCUT2D eigenvalue weighted by Gasteiger charge is -2.31. The van der Waals surface area contributed by atoms with Crippen molar-refractivity contribution >= 4 is 11.6 Å². The van der Waals surface area contributed by atoms with Crippen LogP contribution in [-0.4, -0.2) is 5.38 Å². The third kappa shape index (κ3) is 5.24. The molecule has 3 unspecified atom stereocenters. The number of unbranched alkanes of at least 4 members (excludes halogenated alkanes) is 4. The van der Waals surface area contributed by atoms with Crippen LogP contribution in [-0.2, 0) is 0 Å². The van der Waals surface area contributed by atoms with Crippen molar-refractivity contribution in [1.29, 1.82) is 0 Å². The number of rotatable bonds is 6. The van der Waals surface area contributed by atoms with E-state index in [1.54, 1.807) is 0 Å². The van der Waals surface area contributed by atoms with Gasteiger partial charge < -0.3 is 0 Å². The lowest BCUT2D eigenvalue weighted by molar-refractivity contribution is 0.269. The van der Waals surface area contributed by atoms with Crippen molar-refractivity contribution in [1.82, 2.24) is 0 Å². The maximum absolute atomic E-state index is 6.39. The zero-order chi connectivity index (χ0) is 11.1. The lowest BCUT2D eigenvalue weighted by atomic mass is 9.79. The first-order valence-electron chi connectivity index (χ1n) is 6.88. The van der Waals surface area contributed by atoms with Crippen molar-refractivity contribution in [2.45, 2.75) is 77.0 Å². The predicted octanol–water partition coefficient (Wildman–Crippen LogP) is 5.39. The Bertz CT molecular complexity index is 155. The highest BCUT2D eigenvalue weighted by Gasteiger charge is 2.26. The second-order valence-corrected chi connectivity index (χ2v) is 5.96. The molecule has 0 amide bonds. The fourth-order valence-corrected chi connectivity index (χ4v) is 3.13. The van der Waals surface area contributed by atoms with E-state index in [9.17, 15) is 0 Å². The van der Waals surface area contributed by atoms with E-state index in [1.165, 1.54) is 57.8 Å². The minimum atomic E-state index is 0.479. The van der Waals surface area contributed by atoms with Crippen LogP contribution in [0.5, 0.6) is 0 Å². The molecule has 0 aromatic heterocycles. The van der Waals surface area contributed by atoms with Gasteiger partial charge in [-0.05, 0) is 37.5 Å². The monoisotopic (exact) mass is 230 g/mol. The second kappa shape index (κ2) is 7.54. The van der Waals surface area contributed by atoms with Crippen LogP contribution >= 0.6 is 11.6 Å². The molecule has 1 aliphatic carbocycles. The summed E-state index contributed by atoms with van der Waals surface area (Å²) < 4.78 is 0. The zero-order valence-electron chi connectivity index (χ0n) is 10.5. The van der Waals surface area contributed by atoms with Crippen LogP contribution in [0.2, 0.25) is 0 Å². The van der Waals surface area contributed by atoms with Crippen molar-refractivity contribution in [3.63, 3.8) is 0 Å². The smallest absolute Gasteiger partial charge is 0.0364 e. The van der Waals surface area contributed by atoms with Gasteiger partial charge in [0, 0.05) is 5.38 Å². The molecule has 0 bridgehead atoms. The molecule has 1 rings (SSSR count). The van der Waals surface area contributed by atoms with Crippen molar-refractivity contribution in [2.75, 3.05) is 0 Å². The van der Waals surface area contributed by atoms with Crippen molar-refractivity contribution in [3.05, 3.63) is 0 Å². The molecule has 90 valence electrons. The Morgan fingerprint density at radius 1 is 1.07 bits per heavy atom. The number of alkyl halides is 1. The van der Waals surface area contributed by atoms with Crippen LogP contribution in [0.3, 0.4) is 0 Å². The van der Waals surface area contributed by atoms with E-state index in [1.807, 2.05) is 0 Å². The Labute approximate surface area is 101 Å². The third-order valence-electron chi connectivity index (χ3n) is 3.83. The van der Waals surface area contributed by atoms with E-state index in [4.69, 9.17) is 11.6 Å². The summed E-state index contributed by atoms with van der Waals surface area (Å²) in [5.41, 5.74) is 0. The van der Waals surface area contributed by atoms with Gasteiger partial charge in [-0.15, -0.1) is 11.6 Å². The summed E-state index contributed by atoms with van der Waals surface area (Å²) in [6.07, 6.45) is 12.4. The van der Waals surface area contributed by atoms with Gasteiger partial charge in [-0.1, -0.05) is 46.0 Å². The number of halogens is 1. The average molecular weight is 231 g/mol. The highest BCUT2D eigenvalue weighted by atomic mass is 35.5. The van der Waals surface area contributed by atoms with Crippen LogP contribution in [0.25, 0.3) is 0 Å². The molecular weight excluding hydrogens is 204 g/mol. The summed E-state index contributed by atoms with van der Waals surface area (Å²) in [4.78, 5) is 0. The Hall–Kier alpha value is 0.290. The van der Waals surface area contributed by atoms with Crippen molar-refractivity contribution in [3.8, 4) is 0 Å². The maximum atomic E-state index is 6.39. The molecule has 3 atom stereocenters. The van der Waals surface area contributed by atoms with E-state index in [2.05, 4.69) is 13.8 Å². The minimum Gasteiger partial charge on any atom is -0.123 e. The Balaban J connectivity index is 2.08. The normalized spacial score (nSPS) is 31.8. The summed E-state index contributed by atoms with van der Waals surface area (Å²) in [5, 5.41) is 0.479. The van der Waals surface area contributed by atoms with Gasteiger partial charge in [-0.3, -0.25) is 0 Å². The van der Waals surface area contributed by atoms with E-state index < -0.39 is 0 Å². The van der Waals surface area contributed by atoms with Gasteiger partial charge in [-0.2, -0.15) is 0 Å². The Kier molecular flexibility index (Phi) is 6.72. The van der Waals surface area contributed by atoms with Crippen LogP contribution in [0.4, 0.5) is 0 Å². The predicted molar refractivity (Wildman–Crippen MR) is 69.5 cm³/mol. The molecular formula is C14H27Cl. The van der Waals surface area contributed by atoms with Gasteiger partial charge in [0.05, 0.1) is 0 Å². The topological polar surface area (TPSA) is 0 Å². The lowest BCUT2D eigenvalue weighted by Crippen LogP contribution is -2.24. The molecule has 15 heavy (non-hydrogen) atoms. The first kappa shape index (κ1) is 13.4. The molecule has 0 heterocycles. The first-order valence-corrected chi connectivity index (χ1v) is 7.31. The second-order valence-electron chi connectivity index (χ2n) is 5.40. The molecule has 1 heteroatoms. The van der Waals surface area contributed by atoms with Gasteiger partial charge in [-0.25, -0.2) is 0 Å². The van der Waals surface area contributed by atoms with E-state index >= 15 is 0 Å². The van der Waals surface area contributed by atoms with Crippen molar-refractivity contribution < 1.29 is 0 Å². The van der Waals surface area contributed by atoms with E-state index in [0.29, 0.717) is 5.38 Å². The molecule has 0 radical (unpaired) electrons. The summed E-state index contributed by atoms with van der Waals surface area (Å²) in [6, 6.07) is 0. The molecule has 1 aliphatic rings. The molecule has 0 aliphatic heterocycles. The first-order chi connectivity index (χ1) is 7.24. The SMILES string of the molecule is CCCCCCCC1CC(C)CCC1Cl. The molecule has 0 nitrogen and oxygen atoms in total. The summed E-state index contributed by atoms with van der Waals surface area (Å²) in [6.45, 7) is 4.66. The standard InChI is InChI=1S/C14H27Cl/c1-3-4-5-6-7-8-13-11-12(2)9-10-14(13)15/h12-14H,3-11H2,1-2H3. The van der Waals surface area contributed by atoms with Gasteiger partial charge in [0.25, 0.3) is 0 Å². The largest absolute Gasteiger partial charge is 0.123 e. The third-order valence-corrected chi connectivity index (χ3v) is 4.40. The average Bonchev–Trinajstić information content (AvgIpc) is 2.23. The molecule has 1 saturated carbocycles. The van der Waals surface area contributed by atoms with E-state index in [-0.39, 0.29) is 0 Å². The fourth-order valence-electron chi connectivity index (χ4n) is 2.77. The van der Waals surface area contributed by atoms with Gasteiger partial charge >= 0.3 is 0 Å². The summed E-state index contributed by atoms with van der Waals surface area (Å²) in [5.74, 6) is 1.73. The molecule has 0 N–H and O–H groups in total. The molecule has 0 aromatic carbocycles. The van der Waals surface area contributed by atoms with Gasteiger partial charge in [0.15, 0.2) is 0 Å². The van der Waals surface area contributed by atoms with Crippen LogP contribution in [0, 0.1) is 11.8 Å². The number of hydrogen-bond acceptors (Lipinski definition) is 0. The van der Waals surface area contributed by atoms with Gasteiger partial charge in [0.2, 0.25) is 0 Å². The Morgan fingerprint density at radius 3 is 2.53 bits per heavy atom. The molecule has 0 saturated heterocycles. The summed E-state index contributed by atoms with van der Waals surface area (Å²) >= 11 is 6.39. The van der Waals surface area contributed by atoms with Crippen molar-refractivity contribution in [2.24, 2.45) is 11.8 Å². The quantitative estimate of drug-likeness (QED) is 0.424. The molecule has 0 aromatic rings. The van der Waals surface area contributed by atoms with Crippen LogP contribution in [0.15, 0.2) is 0 Å². The maximum Gasteiger partial charge on any atom is 0.0364 e. The highest BCUT2D eigenvalue weighted by Crippen LogP contribution is 2.35. The molecule has 1 fully saturated rings. The van der Waals surface area contributed by atoms with E-state index in [0.717, 1.165) is 11.8 Å². The van der Waals surface area contributed by atoms with Crippen LogP contribution < -0.4 is 0 Å². The zero-order valence-corrected chi connectivity index (χ0v) is 11.2. The summed E-state index contributed by atoms with van der Waals surface area (Å²) in [7, 11) is 0. The fraction of sp³-hybridized carbons (Fsp3) is 1.00.